The summed E-state index contributed by atoms with van der Waals surface area (Å²) in [6.45, 7) is 2.65. The van der Waals surface area contributed by atoms with Crippen molar-refractivity contribution in [2.24, 2.45) is 0 Å². The van der Waals surface area contributed by atoms with Gasteiger partial charge in [0.1, 0.15) is 5.75 Å². The van der Waals surface area contributed by atoms with Crippen molar-refractivity contribution in [2.45, 2.75) is 24.9 Å². The van der Waals surface area contributed by atoms with Crippen LogP contribution in [0, 0.1) is 0 Å². The van der Waals surface area contributed by atoms with Gasteiger partial charge < -0.3 is 9.72 Å². The number of nitrogens with zero attached hydrogens (tertiary/aromatic N) is 1. The molecule has 0 atom stereocenters. The zero-order valence-electron chi connectivity index (χ0n) is 11.5. The molecule has 0 aliphatic carbocycles. The minimum absolute atomic E-state index is 0.0834. The fraction of sp³-hybridized carbons (Fsp3) is 0.333. The van der Waals surface area contributed by atoms with Crippen LogP contribution in [0.5, 0.6) is 5.75 Å². The zero-order valence-corrected chi connectivity index (χ0v) is 12.3. The average Bonchev–Trinajstić information content (AvgIpc) is 2.47. The van der Waals surface area contributed by atoms with E-state index < -0.39 is 0 Å². The number of nitrogens with one attached hydrogen (secondary N) is 1. The fourth-order valence-electron chi connectivity index (χ4n) is 1.67. The molecule has 1 aromatic heterocycles. The first-order valence-corrected chi connectivity index (χ1v) is 7.67. The van der Waals surface area contributed by atoms with Crippen molar-refractivity contribution in [1.82, 2.24) is 9.97 Å². The number of aryl methyl sites for hydroxylation is 1. The van der Waals surface area contributed by atoms with Crippen molar-refractivity contribution < 1.29 is 4.74 Å². The third-order valence-corrected chi connectivity index (χ3v) is 3.63. The van der Waals surface area contributed by atoms with Gasteiger partial charge in [-0.3, -0.25) is 4.79 Å². The highest BCUT2D eigenvalue weighted by molar-refractivity contribution is 7.99. The van der Waals surface area contributed by atoms with Gasteiger partial charge in [0.05, 0.1) is 6.61 Å². The van der Waals surface area contributed by atoms with E-state index in [1.165, 1.54) is 0 Å². The first kappa shape index (κ1) is 14.7. The Kier molecular flexibility index (Phi) is 5.68. The van der Waals surface area contributed by atoms with Crippen LogP contribution in [0.2, 0.25) is 0 Å². The summed E-state index contributed by atoms with van der Waals surface area (Å²) in [7, 11) is 0. The highest BCUT2D eigenvalue weighted by atomic mass is 32.2. The van der Waals surface area contributed by atoms with Gasteiger partial charge in [0, 0.05) is 17.5 Å². The molecule has 20 heavy (non-hydrogen) atoms. The first-order chi connectivity index (χ1) is 9.78. The molecule has 0 amide bonds. The molecule has 106 valence electrons. The molecule has 0 aliphatic rings. The van der Waals surface area contributed by atoms with Gasteiger partial charge >= 0.3 is 0 Å². The lowest BCUT2D eigenvalue weighted by Gasteiger charge is -2.05. The minimum atomic E-state index is -0.0834. The number of benzene rings is 1. The number of H-pyrrole nitrogens is 1. The summed E-state index contributed by atoms with van der Waals surface area (Å²) >= 11 is 1.55. The van der Waals surface area contributed by atoms with Gasteiger partial charge in [-0.1, -0.05) is 36.9 Å². The third kappa shape index (κ3) is 4.74. The van der Waals surface area contributed by atoms with Gasteiger partial charge in [0.25, 0.3) is 5.56 Å². The lowest BCUT2D eigenvalue weighted by molar-refractivity contribution is 0.318. The molecule has 2 rings (SSSR count). The number of para-hydroxylation sites is 1. The van der Waals surface area contributed by atoms with E-state index >= 15 is 0 Å². The first-order valence-electron chi connectivity index (χ1n) is 6.69. The minimum Gasteiger partial charge on any atom is -0.494 e. The predicted molar refractivity (Wildman–Crippen MR) is 81.5 cm³/mol. The molecule has 0 saturated carbocycles. The smallest absolute Gasteiger partial charge is 0.251 e. The summed E-state index contributed by atoms with van der Waals surface area (Å²) in [4.78, 5) is 18.5. The molecule has 2 aromatic rings. The fourth-order valence-corrected chi connectivity index (χ4v) is 2.48. The second-order valence-corrected chi connectivity index (χ2v) is 5.34. The van der Waals surface area contributed by atoms with E-state index in [9.17, 15) is 4.79 Å². The zero-order chi connectivity index (χ0) is 14.2. The number of thioether (sulfide) groups is 1. The van der Waals surface area contributed by atoms with Crippen molar-refractivity contribution in [3.63, 3.8) is 0 Å². The van der Waals surface area contributed by atoms with Crippen molar-refractivity contribution in [1.29, 1.82) is 0 Å². The molecule has 1 aromatic carbocycles. The van der Waals surface area contributed by atoms with Gasteiger partial charge in [0.2, 0.25) is 0 Å². The number of hydrogen-bond acceptors (Lipinski definition) is 4. The number of aromatic nitrogens is 2. The molecule has 1 heterocycles. The van der Waals surface area contributed by atoms with Crippen molar-refractivity contribution in [2.75, 3.05) is 12.4 Å². The largest absolute Gasteiger partial charge is 0.494 e. The highest BCUT2D eigenvalue weighted by Crippen LogP contribution is 2.14. The van der Waals surface area contributed by atoms with Gasteiger partial charge in [-0.05, 0) is 25.0 Å². The SMILES string of the molecule is CCc1cc(=O)[nH]c(SCCCOc2ccccc2)n1. The van der Waals surface area contributed by atoms with Crippen LogP contribution in [0.1, 0.15) is 19.0 Å². The van der Waals surface area contributed by atoms with Gasteiger partial charge in [0.15, 0.2) is 5.16 Å². The Hall–Kier alpha value is -1.75. The number of rotatable bonds is 7. The predicted octanol–water partition coefficient (Wildman–Crippen LogP) is 2.89. The Balaban J connectivity index is 1.73. The second-order valence-electron chi connectivity index (χ2n) is 4.26. The molecular formula is C15H18N2O2S. The average molecular weight is 290 g/mol. The molecule has 0 unspecified atom stereocenters. The van der Waals surface area contributed by atoms with E-state index in [0.717, 1.165) is 30.0 Å². The molecule has 0 fully saturated rings. The molecule has 0 aliphatic heterocycles. The summed E-state index contributed by atoms with van der Waals surface area (Å²) in [6, 6.07) is 11.3. The summed E-state index contributed by atoms with van der Waals surface area (Å²) < 4.78 is 5.61. The van der Waals surface area contributed by atoms with Crippen LogP contribution >= 0.6 is 11.8 Å². The van der Waals surface area contributed by atoms with Crippen LogP contribution in [0.4, 0.5) is 0 Å². The standard InChI is InChI=1S/C15H18N2O2S/c1-2-12-11-14(18)17-15(16-12)20-10-6-9-19-13-7-4-3-5-8-13/h3-5,7-8,11H,2,6,9-10H2,1H3,(H,16,17,18). The van der Waals surface area contributed by atoms with E-state index in [1.807, 2.05) is 37.3 Å². The molecular weight excluding hydrogens is 272 g/mol. The van der Waals surface area contributed by atoms with Crippen LogP contribution < -0.4 is 10.3 Å². The third-order valence-electron chi connectivity index (χ3n) is 2.67. The van der Waals surface area contributed by atoms with E-state index in [4.69, 9.17) is 4.74 Å². The van der Waals surface area contributed by atoms with Crippen LogP contribution in [0.15, 0.2) is 46.3 Å². The van der Waals surface area contributed by atoms with Crippen molar-refractivity contribution >= 4 is 11.8 Å². The molecule has 5 heteroatoms. The Labute approximate surface area is 122 Å². The molecule has 4 nitrogen and oxygen atoms in total. The summed E-state index contributed by atoms with van der Waals surface area (Å²) in [6.07, 6.45) is 1.67. The maximum Gasteiger partial charge on any atom is 0.251 e. The van der Waals surface area contributed by atoms with Crippen molar-refractivity contribution in [3.8, 4) is 5.75 Å². The molecule has 0 saturated heterocycles. The maximum atomic E-state index is 11.4. The van der Waals surface area contributed by atoms with E-state index in [0.29, 0.717) is 11.8 Å². The normalized spacial score (nSPS) is 10.4. The topological polar surface area (TPSA) is 55.0 Å². The quantitative estimate of drug-likeness (QED) is 0.484. The van der Waals surface area contributed by atoms with Crippen LogP contribution in [-0.2, 0) is 6.42 Å². The van der Waals surface area contributed by atoms with Crippen LogP contribution in [0.25, 0.3) is 0 Å². The maximum absolute atomic E-state index is 11.4. The summed E-state index contributed by atoms with van der Waals surface area (Å²) in [5.74, 6) is 1.75. The molecule has 0 spiro atoms. The number of aromatic amines is 1. The monoisotopic (exact) mass is 290 g/mol. The lowest BCUT2D eigenvalue weighted by atomic mass is 10.3. The summed E-state index contributed by atoms with van der Waals surface area (Å²) in [5, 5.41) is 0.689. The summed E-state index contributed by atoms with van der Waals surface area (Å²) in [5.41, 5.74) is 0.747. The van der Waals surface area contributed by atoms with E-state index in [1.54, 1.807) is 17.8 Å². The van der Waals surface area contributed by atoms with Crippen LogP contribution in [0.3, 0.4) is 0 Å². The molecule has 0 bridgehead atoms. The number of hydrogen-bond donors (Lipinski definition) is 1. The Morgan fingerprint density at radius 3 is 2.85 bits per heavy atom. The van der Waals surface area contributed by atoms with Gasteiger partial charge in [-0.15, -0.1) is 0 Å². The van der Waals surface area contributed by atoms with E-state index in [-0.39, 0.29) is 5.56 Å². The van der Waals surface area contributed by atoms with Gasteiger partial charge in [-0.2, -0.15) is 0 Å². The molecule has 1 N–H and O–H groups in total. The van der Waals surface area contributed by atoms with Gasteiger partial charge in [-0.25, -0.2) is 4.98 Å². The molecule has 0 radical (unpaired) electrons. The Morgan fingerprint density at radius 2 is 2.10 bits per heavy atom. The Morgan fingerprint density at radius 1 is 1.30 bits per heavy atom. The second kappa shape index (κ2) is 7.75. The van der Waals surface area contributed by atoms with E-state index in [2.05, 4.69) is 9.97 Å². The lowest BCUT2D eigenvalue weighted by Crippen LogP contribution is -2.10. The van der Waals surface area contributed by atoms with Crippen molar-refractivity contribution in [3.05, 3.63) is 52.4 Å². The number of ether oxygens (including phenoxy) is 1. The van der Waals surface area contributed by atoms with Crippen LogP contribution in [-0.4, -0.2) is 22.3 Å². The highest BCUT2D eigenvalue weighted by Gasteiger charge is 2.01. The Bertz CT molecular complexity index is 584.